The molecule has 0 N–H and O–H groups in total. The van der Waals surface area contributed by atoms with Crippen molar-refractivity contribution in [2.75, 3.05) is 22.9 Å². The molecule has 1 aliphatic heterocycles. The van der Waals surface area contributed by atoms with E-state index >= 15 is 0 Å². The quantitative estimate of drug-likeness (QED) is 0.246. The molecule has 0 saturated carbocycles. The van der Waals surface area contributed by atoms with E-state index in [-0.39, 0.29) is 0 Å². The van der Waals surface area contributed by atoms with E-state index in [1.54, 1.807) is 0 Å². The highest BCUT2D eigenvalue weighted by Crippen LogP contribution is 2.46. The molecule has 0 unspecified atom stereocenters. The molecular formula is C30H30N2O. The van der Waals surface area contributed by atoms with Crippen LogP contribution in [0.5, 0.6) is 11.5 Å². The van der Waals surface area contributed by atoms with Crippen molar-refractivity contribution >= 4 is 22.7 Å². The number of anilines is 4. The number of fused-ring (bicyclic) bond motifs is 2. The highest BCUT2D eigenvalue weighted by molar-refractivity contribution is 5.77. The molecule has 4 aromatic carbocycles. The molecule has 0 bridgehead atoms. The second-order valence-electron chi connectivity index (χ2n) is 8.43. The number of hydrogen-bond donors (Lipinski definition) is 0. The fraction of sp³-hybridized carbons (Fsp3) is 0.200. The SMILES string of the molecule is c1ccc(N(CCCCCCN2c3ccccc3Oc3ccccc32)c2ccccc2)cc1. The summed E-state index contributed by atoms with van der Waals surface area (Å²) in [5.74, 6) is 1.88. The van der Waals surface area contributed by atoms with E-state index < -0.39 is 0 Å². The van der Waals surface area contributed by atoms with Crippen LogP contribution in [0.15, 0.2) is 109 Å². The number of hydrogen-bond acceptors (Lipinski definition) is 3. The highest BCUT2D eigenvalue weighted by atomic mass is 16.5. The third-order valence-corrected chi connectivity index (χ3v) is 6.18. The molecule has 0 spiro atoms. The van der Waals surface area contributed by atoms with Gasteiger partial charge in [0.05, 0.1) is 11.4 Å². The van der Waals surface area contributed by atoms with Gasteiger partial charge in [-0.25, -0.2) is 0 Å². The van der Waals surface area contributed by atoms with Crippen LogP contribution >= 0.6 is 0 Å². The molecule has 33 heavy (non-hydrogen) atoms. The second-order valence-corrected chi connectivity index (χ2v) is 8.43. The summed E-state index contributed by atoms with van der Waals surface area (Å²) >= 11 is 0. The van der Waals surface area contributed by atoms with Gasteiger partial charge in [0.15, 0.2) is 11.5 Å². The molecule has 166 valence electrons. The first kappa shape index (κ1) is 21.1. The smallest absolute Gasteiger partial charge is 0.151 e. The fourth-order valence-corrected chi connectivity index (χ4v) is 4.54. The van der Waals surface area contributed by atoms with Crippen LogP contribution in [0, 0.1) is 0 Å². The average Bonchev–Trinajstić information content (AvgIpc) is 2.88. The third-order valence-electron chi connectivity index (χ3n) is 6.18. The first-order chi connectivity index (χ1) is 16.4. The average molecular weight is 435 g/mol. The van der Waals surface area contributed by atoms with Crippen molar-refractivity contribution < 1.29 is 4.74 Å². The molecule has 1 aliphatic rings. The lowest BCUT2D eigenvalue weighted by Gasteiger charge is -2.32. The van der Waals surface area contributed by atoms with E-state index in [1.807, 2.05) is 12.1 Å². The van der Waals surface area contributed by atoms with Crippen LogP contribution in [0.3, 0.4) is 0 Å². The van der Waals surface area contributed by atoms with Gasteiger partial charge in [-0.15, -0.1) is 0 Å². The summed E-state index contributed by atoms with van der Waals surface area (Å²) < 4.78 is 6.12. The summed E-state index contributed by atoms with van der Waals surface area (Å²) in [6.45, 7) is 2.02. The summed E-state index contributed by atoms with van der Waals surface area (Å²) in [7, 11) is 0. The number of unbranched alkanes of at least 4 members (excludes halogenated alkanes) is 3. The molecule has 0 aliphatic carbocycles. The minimum Gasteiger partial charge on any atom is -0.453 e. The normalized spacial score (nSPS) is 11.9. The van der Waals surface area contributed by atoms with Crippen LogP contribution in [-0.2, 0) is 0 Å². The maximum Gasteiger partial charge on any atom is 0.151 e. The Hall–Kier alpha value is -3.72. The van der Waals surface area contributed by atoms with Crippen LogP contribution in [0.2, 0.25) is 0 Å². The Morgan fingerprint density at radius 3 is 1.58 bits per heavy atom. The van der Waals surface area contributed by atoms with Gasteiger partial charge in [-0.05, 0) is 61.4 Å². The van der Waals surface area contributed by atoms with Crippen LogP contribution in [0.1, 0.15) is 25.7 Å². The van der Waals surface area contributed by atoms with E-state index in [4.69, 9.17) is 4.74 Å². The van der Waals surface area contributed by atoms with Crippen molar-refractivity contribution in [3.8, 4) is 11.5 Å². The zero-order chi connectivity index (χ0) is 22.3. The van der Waals surface area contributed by atoms with Gasteiger partial charge in [0.1, 0.15) is 0 Å². The maximum atomic E-state index is 6.12. The van der Waals surface area contributed by atoms with Crippen molar-refractivity contribution in [3.63, 3.8) is 0 Å². The van der Waals surface area contributed by atoms with Crippen molar-refractivity contribution in [1.82, 2.24) is 0 Å². The number of rotatable bonds is 9. The van der Waals surface area contributed by atoms with Gasteiger partial charge in [0.2, 0.25) is 0 Å². The van der Waals surface area contributed by atoms with Crippen molar-refractivity contribution in [2.24, 2.45) is 0 Å². The van der Waals surface area contributed by atoms with E-state index in [2.05, 4.69) is 107 Å². The van der Waals surface area contributed by atoms with Crippen LogP contribution in [0.25, 0.3) is 0 Å². The summed E-state index contributed by atoms with van der Waals surface area (Å²) in [6, 6.07) is 38.1. The lowest BCUT2D eigenvalue weighted by atomic mass is 10.1. The molecule has 4 aromatic rings. The Bertz CT molecular complexity index is 1080. The molecule has 0 atom stereocenters. The minimum absolute atomic E-state index is 0.942. The molecule has 0 radical (unpaired) electrons. The second kappa shape index (κ2) is 10.3. The predicted octanol–water partition coefficient (Wildman–Crippen LogP) is 8.33. The van der Waals surface area contributed by atoms with Crippen LogP contribution < -0.4 is 14.5 Å². The van der Waals surface area contributed by atoms with Crippen molar-refractivity contribution in [2.45, 2.75) is 25.7 Å². The van der Waals surface area contributed by atoms with E-state index in [0.717, 1.165) is 42.4 Å². The molecule has 1 heterocycles. The van der Waals surface area contributed by atoms with Gasteiger partial charge >= 0.3 is 0 Å². The largest absolute Gasteiger partial charge is 0.453 e. The molecule has 3 nitrogen and oxygen atoms in total. The first-order valence-electron chi connectivity index (χ1n) is 11.9. The number of nitrogens with zero attached hydrogens (tertiary/aromatic N) is 2. The van der Waals surface area contributed by atoms with Gasteiger partial charge in [-0.1, -0.05) is 73.5 Å². The zero-order valence-corrected chi connectivity index (χ0v) is 18.9. The summed E-state index contributed by atoms with van der Waals surface area (Å²) in [5.41, 5.74) is 4.83. The van der Waals surface area contributed by atoms with Gasteiger partial charge in [-0.3, -0.25) is 0 Å². The standard InChI is InChI=1S/C30H30N2O/c1(13-23-31(25-15-5-3-6-16-25)26-17-7-4-8-18-26)2-14-24-32-27-19-9-11-21-29(27)33-30-22-12-10-20-28(30)32/h3-12,15-22H,1-2,13-14,23-24H2. The van der Waals surface area contributed by atoms with Gasteiger partial charge < -0.3 is 14.5 Å². The topological polar surface area (TPSA) is 15.7 Å². The Balaban J connectivity index is 1.18. The predicted molar refractivity (Wildman–Crippen MR) is 138 cm³/mol. The minimum atomic E-state index is 0.942. The third kappa shape index (κ3) is 4.88. The highest BCUT2D eigenvalue weighted by Gasteiger charge is 2.23. The molecule has 0 fully saturated rings. The Morgan fingerprint density at radius 2 is 1.00 bits per heavy atom. The van der Waals surface area contributed by atoms with Crippen LogP contribution in [0.4, 0.5) is 22.7 Å². The number of para-hydroxylation sites is 6. The summed E-state index contributed by atoms with van der Waals surface area (Å²) in [5, 5.41) is 0. The molecule has 3 heteroatoms. The number of benzene rings is 4. The summed E-state index contributed by atoms with van der Waals surface area (Å²) in [6.07, 6.45) is 4.74. The van der Waals surface area contributed by atoms with Gasteiger partial charge in [0.25, 0.3) is 0 Å². The van der Waals surface area contributed by atoms with Crippen LogP contribution in [-0.4, -0.2) is 13.1 Å². The maximum absolute atomic E-state index is 6.12. The molecule has 0 aromatic heterocycles. The zero-order valence-electron chi connectivity index (χ0n) is 18.9. The lowest BCUT2D eigenvalue weighted by Crippen LogP contribution is -2.22. The Kier molecular flexibility index (Phi) is 6.58. The van der Waals surface area contributed by atoms with Gasteiger partial charge in [-0.2, -0.15) is 0 Å². The van der Waals surface area contributed by atoms with Gasteiger partial charge in [0, 0.05) is 24.5 Å². The Morgan fingerprint density at radius 1 is 0.515 bits per heavy atom. The van der Waals surface area contributed by atoms with E-state index in [9.17, 15) is 0 Å². The van der Waals surface area contributed by atoms with Crippen molar-refractivity contribution in [3.05, 3.63) is 109 Å². The number of ether oxygens (including phenoxy) is 1. The monoisotopic (exact) mass is 434 g/mol. The molecule has 0 amide bonds. The first-order valence-corrected chi connectivity index (χ1v) is 11.9. The molecule has 5 rings (SSSR count). The lowest BCUT2D eigenvalue weighted by molar-refractivity contribution is 0.472. The Labute approximate surface area is 196 Å². The fourth-order valence-electron chi connectivity index (χ4n) is 4.54. The molecule has 0 saturated heterocycles. The summed E-state index contributed by atoms with van der Waals surface area (Å²) in [4.78, 5) is 4.84. The molecular weight excluding hydrogens is 404 g/mol. The van der Waals surface area contributed by atoms with Crippen molar-refractivity contribution in [1.29, 1.82) is 0 Å². The van der Waals surface area contributed by atoms with E-state index in [1.165, 1.54) is 30.6 Å². The van der Waals surface area contributed by atoms with E-state index in [0.29, 0.717) is 0 Å².